The Labute approximate surface area is 139 Å². The van der Waals surface area contributed by atoms with E-state index in [4.69, 9.17) is 0 Å². The summed E-state index contributed by atoms with van der Waals surface area (Å²) in [6, 6.07) is 17.6. The minimum absolute atomic E-state index is 1.26. The fourth-order valence-corrected chi connectivity index (χ4v) is 3.37. The highest BCUT2D eigenvalue weighted by molar-refractivity contribution is 5.79. The normalized spacial score (nSPS) is 10.8. The summed E-state index contributed by atoms with van der Waals surface area (Å²) in [5.74, 6) is 0. The van der Waals surface area contributed by atoms with Crippen molar-refractivity contribution in [1.29, 1.82) is 0 Å². The van der Waals surface area contributed by atoms with Crippen molar-refractivity contribution in [3.63, 3.8) is 0 Å². The zero-order valence-electron chi connectivity index (χ0n) is 14.6. The maximum absolute atomic E-state index is 2.26. The van der Waals surface area contributed by atoms with E-state index in [1.165, 1.54) is 44.6 Å². The van der Waals surface area contributed by atoms with Gasteiger partial charge in [-0.1, -0.05) is 30.3 Å². The van der Waals surface area contributed by atoms with Gasteiger partial charge in [-0.25, -0.2) is 4.57 Å². The van der Waals surface area contributed by atoms with Crippen LogP contribution < -0.4 is 4.57 Å². The molecule has 0 saturated carbocycles. The number of pyridine rings is 1. The van der Waals surface area contributed by atoms with Crippen LogP contribution in [0.15, 0.2) is 54.7 Å². The summed E-state index contributed by atoms with van der Waals surface area (Å²) in [6.45, 7) is 8.77. The van der Waals surface area contributed by atoms with Gasteiger partial charge in [-0.05, 0) is 67.1 Å². The average molecular weight is 302 g/mol. The van der Waals surface area contributed by atoms with E-state index in [0.717, 1.165) is 0 Å². The second kappa shape index (κ2) is 6.00. The predicted octanol–water partition coefficient (Wildman–Crippen LogP) is 5.08. The molecule has 2 aromatic carbocycles. The molecule has 23 heavy (non-hydrogen) atoms. The summed E-state index contributed by atoms with van der Waals surface area (Å²) in [7, 11) is 2.11. The van der Waals surface area contributed by atoms with Crippen LogP contribution in [0, 0.1) is 27.7 Å². The first-order valence-electron chi connectivity index (χ1n) is 8.12. The zero-order valence-corrected chi connectivity index (χ0v) is 14.6. The summed E-state index contributed by atoms with van der Waals surface area (Å²) in [5, 5.41) is 0. The van der Waals surface area contributed by atoms with Crippen LogP contribution in [0.25, 0.3) is 22.4 Å². The molecular formula is C22H24N+. The third kappa shape index (κ3) is 2.79. The number of hydrogen-bond donors (Lipinski definition) is 0. The Balaban J connectivity index is 2.26. The molecule has 0 radical (unpaired) electrons. The van der Waals surface area contributed by atoms with E-state index < -0.39 is 0 Å². The topological polar surface area (TPSA) is 3.88 Å². The van der Waals surface area contributed by atoms with Crippen molar-refractivity contribution in [2.24, 2.45) is 7.05 Å². The van der Waals surface area contributed by atoms with Crippen LogP contribution in [0.2, 0.25) is 0 Å². The van der Waals surface area contributed by atoms with Crippen LogP contribution in [0.1, 0.15) is 22.3 Å². The summed E-state index contributed by atoms with van der Waals surface area (Å²) in [6.07, 6.45) is 2.13. The largest absolute Gasteiger partial charge is 0.212 e. The fourth-order valence-electron chi connectivity index (χ4n) is 3.37. The second-order valence-corrected chi connectivity index (χ2v) is 6.45. The molecule has 1 heterocycles. The molecule has 3 aromatic rings. The van der Waals surface area contributed by atoms with Crippen molar-refractivity contribution < 1.29 is 4.57 Å². The molecule has 0 unspecified atom stereocenters. The van der Waals surface area contributed by atoms with Gasteiger partial charge in [0, 0.05) is 17.7 Å². The van der Waals surface area contributed by atoms with Gasteiger partial charge in [0.15, 0.2) is 6.20 Å². The van der Waals surface area contributed by atoms with E-state index in [9.17, 15) is 0 Å². The lowest BCUT2D eigenvalue weighted by atomic mass is 9.89. The Bertz CT molecular complexity index is 855. The molecule has 0 amide bonds. The molecule has 1 heteroatoms. The molecular weight excluding hydrogens is 278 g/mol. The van der Waals surface area contributed by atoms with Crippen LogP contribution in [0.4, 0.5) is 0 Å². The number of benzene rings is 2. The highest BCUT2D eigenvalue weighted by atomic mass is 14.9. The van der Waals surface area contributed by atoms with Gasteiger partial charge >= 0.3 is 0 Å². The number of rotatable bonds is 2. The number of aryl methyl sites for hydroxylation is 4. The lowest BCUT2D eigenvalue weighted by Crippen LogP contribution is -2.30. The molecule has 0 bridgehead atoms. The highest BCUT2D eigenvalue weighted by Crippen LogP contribution is 2.34. The average Bonchev–Trinajstić information content (AvgIpc) is 2.51. The Morgan fingerprint density at radius 2 is 1.35 bits per heavy atom. The smallest absolute Gasteiger partial charge is 0.201 e. The molecule has 1 nitrogen and oxygen atoms in total. The summed E-state index contributed by atoms with van der Waals surface area (Å²) < 4.78 is 2.20. The van der Waals surface area contributed by atoms with E-state index in [0.29, 0.717) is 0 Å². The van der Waals surface area contributed by atoms with E-state index in [1.54, 1.807) is 0 Å². The summed E-state index contributed by atoms with van der Waals surface area (Å²) >= 11 is 0. The highest BCUT2D eigenvalue weighted by Gasteiger charge is 2.16. The first-order valence-corrected chi connectivity index (χ1v) is 8.12. The van der Waals surface area contributed by atoms with E-state index >= 15 is 0 Å². The first kappa shape index (κ1) is 15.5. The molecule has 1 aromatic heterocycles. The molecule has 0 saturated heterocycles. The predicted molar refractivity (Wildman–Crippen MR) is 97.4 cm³/mol. The first-order chi connectivity index (χ1) is 11.0. The van der Waals surface area contributed by atoms with Crippen LogP contribution in [-0.4, -0.2) is 0 Å². The lowest BCUT2D eigenvalue weighted by molar-refractivity contribution is -0.660. The van der Waals surface area contributed by atoms with Gasteiger partial charge in [0.2, 0.25) is 5.69 Å². The number of nitrogens with zero attached hydrogens (tertiary/aromatic N) is 1. The van der Waals surface area contributed by atoms with Gasteiger partial charge in [-0.2, -0.15) is 0 Å². The maximum Gasteiger partial charge on any atom is 0.212 e. The maximum atomic E-state index is 2.26. The van der Waals surface area contributed by atoms with E-state index in [1.807, 2.05) is 0 Å². The van der Waals surface area contributed by atoms with Gasteiger partial charge < -0.3 is 0 Å². The van der Waals surface area contributed by atoms with Gasteiger partial charge in [-0.3, -0.25) is 0 Å². The summed E-state index contributed by atoms with van der Waals surface area (Å²) in [4.78, 5) is 0. The molecule has 3 rings (SSSR count). The van der Waals surface area contributed by atoms with Crippen molar-refractivity contribution >= 4 is 0 Å². The molecule has 0 aliphatic carbocycles. The van der Waals surface area contributed by atoms with Gasteiger partial charge in [-0.15, -0.1) is 0 Å². The third-order valence-electron chi connectivity index (χ3n) is 4.67. The molecule has 0 atom stereocenters. The van der Waals surface area contributed by atoms with Gasteiger partial charge in [0.05, 0.1) is 0 Å². The Morgan fingerprint density at radius 3 is 2.04 bits per heavy atom. The number of hydrogen-bond acceptors (Lipinski definition) is 0. The Kier molecular flexibility index (Phi) is 4.04. The van der Waals surface area contributed by atoms with Crippen molar-refractivity contribution in [3.05, 3.63) is 77.0 Å². The zero-order chi connectivity index (χ0) is 16.6. The molecule has 116 valence electrons. The van der Waals surface area contributed by atoms with Gasteiger partial charge in [0.25, 0.3) is 0 Å². The quantitative estimate of drug-likeness (QED) is 0.581. The minimum Gasteiger partial charge on any atom is -0.201 e. The molecule has 0 aliphatic rings. The SMILES string of the molecule is Cc1cc[n+](C)c(-c2cccc(-c3c(C)cccc3C)c2C)c1. The minimum atomic E-state index is 1.26. The molecule has 0 aliphatic heterocycles. The number of aromatic nitrogens is 1. The lowest BCUT2D eigenvalue weighted by Gasteiger charge is -2.15. The second-order valence-electron chi connectivity index (χ2n) is 6.45. The fraction of sp³-hybridized carbons (Fsp3) is 0.227. The van der Waals surface area contributed by atoms with Crippen molar-refractivity contribution in [3.8, 4) is 22.4 Å². The molecule has 0 spiro atoms. The van der Waals surface area contributed by atoms with E-state index in [2.05, 4.69) is 94.0 Å². The van der Waals surface area contributed by atoms with Crippen LogP contribution >= 0.6 is 0 Å². The van der Waals surface area contributed by atoms with Gasteiger partial charge in [0.1, 0.15) is 7.05 Å². The van der Waals surface area contributed by atoms with E-state index in [-0.39, 0.29) is 0 Å². The Morgan fingerprint density at radius 1 is 0.739 bits per heavy atom. The molecule has 0 N–H and O–H groups in total. The summed E-state index contributed by atoms with van der Waals surface area (Å²) in [5.41, 5.74) is 10.5. The monoisotopic (exact) mass is 302 g/mol. The van der Waals surface area contributed by atoms with Crippen LogP contribution in [0.3, 0.4) is 0 Å². The van der Waals surface area contributed by atoms with Crippen molar-refractivity contribution in [2.45, 2.75) is 27.7 Å². The van der Waals surface area contributed by atoms with Crippen molar-refractivity contribution in [1.82, 2.24) is 0 Å². The van der Waals surface area contributed by atoms with Crippen LogP contribution in [0.5, 0.6) is 0 Å². The third-order valence-corrected chi connectivity index (χ3v) is 4.67. The van der Waals surface area contributed by atoms with Crippen molar-refractivity contribution in [2.75, 3.05) is 0 Å². The standard InChI is InChI=1S/C22H24N/c1-15-12-13-23(5)21(14-15)19-10-7-11-20(18(19)4)22-16(2)8-6-9-17(22)3/h6-14H,1-5H3/q+1. The Hall–Kier alpha value is -2.41. The van der Waals surface area contributed by atoms with Crippen LogP contribution in [-0.2, 0) is 7.05 Å². The molecule has 0 fully saturated rings.